The second kappa shape index (κ2) is 10.4. The van der Waals surface area contributed by atoms with Crippen LogP contribution < -0.4 is 15.5 Å². The number of aromatic nitrogens is 1. The zero-order valence-electron chi connectivity index (χ0n) is 15.6. The third kappa shape index (κ3) is 6.59. The third-order valence-electron chi connectivity index (χ3n) is 3.89. The Morgan fingerprint density at radius 1 is 1.00 bits per heavy atom. The molecule has 0 aliphatic carbocycles. The molecule has 2 aromatic carbocycles. The van der Waals surface area contributed by atoms with E-state index in [4.69, 9.17) is 4.74 Å². The van der Waals surface area contributed by atoms with Crippen LogP contribution in [0.4, 0.5) is 0 Å². The molecule has 1 heterocycles. The summed E-state index contributed by atoms with van der Waals surface area (Å²) in [6.07, 6.45) is 4.58. The molecule has 7 heteroatoms. The Bertz CT molecular complexity index is 958. The molecular weight excluding hydrogens is 368 g/mol. The predicted molar refractivity (Wildman–Crippen MR) is 110 cm³/mol. The summed E-state index contributed by atoms with van der Waals surface area (Å²) in [6, 6.07) is 20.0. The Kier molecular flexibility index (Phi) is 7.06. The fourth-order valence-electron chi connectivity index (χ4n) is 2.37. The molecule has 0 aliphatic heterocycles. The first kappa shape index (κ1) is 19.8. The molecule has 1 aromatic heterocycles. The fourth-order valence-corrected chi connectivity index (χ4v) is 2.37. The number of ether oxygens (including phenoxy) is 1. The van der Waals surface area contributed by atoms with E-state index in [1.165, 1.54) is 12.4 Å². The third-order valence-corrected chi connectivity index (χ3v) is 3.89. The number of carbonyl (C=O) groups excluding carboxylic acids is 2. The van der Waals surface area contributed by atoms with Crippen molar-refractivity contribution in [3.05, 3.63) is 95.8 Å². The molecule has 0 fully saturated rings. The van der Waals surface area contributed by atoms with E-state index in [0.717, 1.165) is 11.1 Å². The topological polar surface area (TPSA) is 92.7 Å². The molecule has 0 spiro atoms. The highest BCUT2D eigenvalue weighted by Crippen LogP contribution is 2.11. The normalized spacial score (nSPS) is 10.5. The van der Waals surface area contributed by atoms with Gasteiger partial charge in [-0.25, -0.2) is 5.43 Å². The summed E-state index contributed by atoms with van der Waals surface area (Å²) in [7, 11) is 0. The Morgan fingerprint density at radius 2 is 1.79 bits per heavy atom. The van der Waals surface area contributed by atoms with Crippen LogP contribution in [-0.4, -0.2) is 29.6 Å². The van der Waals surface area contributed by atoms with Gasteiger partial charge in [-0.2, -0.15) is 5.10 Å². The minimum absolute atomic E-state index is 0.0680. The van der Waals surface area contributed by atoms with Crippen molar-refractivity contribution < 1.29 is 14.3 Å². The van der Waals surface area contributed by atoms with Crippen molar-refractivity contribution in [2.45, 2.75) is 6.54 Å². The highest BCUT2D eigenvalue weighted by Gasteiger charge is 2.04. The number of hydrazone groups is 1. The van der Waals surface area contributed by atoms with Gasteiger partial charge in [0.05, 0.1) is 11.8 Å². The quantitative estimate of drug-likeness (QED) is 0.458. The summed E-state index contributed by atoms with van der Waals surface area (Å²) in [5, 5.41) is 6.72. The number of nitrogens with one attached hydrogen (secondary N) is 2. The molecule has 0 bridgehead atoms. The first-order valence-corrected chi connectivity index (χ1v) is 8.97. The maximum atomic E-state index is 11.9. The predicted octanol–water partition coefficient (Wildman–Crippen LogP) is 2.54. The molecular formula is C22H20N4O3. The number of pyridine rings is 1. The minimum atomic E-state index is -0.337. The molecule has 0 saturated heterocycles. The van der Waals surface area contributed by atoms with Gasteiger partial charge in [0.25, 0.3) is 11.8 Å². The number of carbonyl (C=O) groups is 2. The summed E-state index contributed by atoms with van der Waals surface area (Å²) < 4.78 is 5.48. The van der Waals surface area contributed by atoms with Crippen LogP contribution in [-0.2, 0) is 11.3 Å². The largest absolute Gasteiger partial charge is 0.484 e. The van der Waals surface area contributed by atoms with Gasteiger partial charge >= 0.3 is 0 Å². The molecule has 0 unspecified atom stereocenters. The van der Waals surface area contributed by atoms with E-state index < -0.39 is 0 Å². The lowest BCUT2D eigenvalue weighted by Crippen LogP contribution is -2.28. The van der Waals surface area contributed by atoms with Crippen LogP contribution in [0.3, 0.4) is 0 Å². The number of amides is 2. The molecule has 2 amide bonds. The molecule has 3 rings (SSSR count). The molecule has 3 aromatic rings. The van der Waals surface area contributed by atoms with Crippen molar-refractivity contribution in [2.75, 3.05) is 6.61 Å². The second-order valence-corrected chi connectivity index (χ2v) is 6.06. The van der Waals surface area contributed by atoms with Crippen LogP contribution in [0.25, 0.3) is 0 Å². The molecule has 146 valence electrons. The Balaban J connectivity index is 1.41. The molecule has 0 radical (unpaired) electrons. The van der Waals surface area contributed by atoms with E-state index in [2.05, 4.69) is 20.8 Å². The van der Waals surface area contributed by atoms with Gasteiger partial charge in [-0.05, 0) is 47.5 Å². The van der Waals surface area contributed by atoms with Gasteiger partial charge in [-0.3, -0.25) is 14.6 Å². The van der Waals surface area contributed by atoms with Crippen molar-refractivity contribution in [1.29, 1.82) is 0 Å². The van der Waals surface area contributed by atoms with Gasteiger partial charge in [0.15, 0.2) is 6.61 Å². The average molecular weight is 388 g/mol. The number of hydrogen-bond donors (Lipinski definition) is 2. The van der Waals surface area contributed by atoms with Crippen molar-refractivity contribution in [3.8, 4) is 5.75 Å². The average Bonchev–Trinajstić information content (AvgIpc) is 2.78. The van der Waals surface area contributed by atoms with Crippen molar-refractivity contribution in [2.24, 2.45) is 5.10 Å². The monoisotopic (exact) mass is 388 g/mol. The number of benzene rings is 2. The standard InChI is InChI=1S/C22H20N4O3/c27-21(24-13-17-5-2-1-3-6-17)16-29-20-10-8-18(9-11-20)14-25-26-22(28)19-7-4-12-23-15-19/h1-12,14-15H,13,16H2,(H,24,27)(H,26,28)/b25-14-. The van der Waals surface area contributed by atoms with E-state index in [-0.39, 0.29) is 18.4 Å². The van der Waals surface area contributed by atoms with Crippen LogP contribution >= 0.6 is 0 Å². The van der Waals surface area contributed by atoms with Crippen LogP contribution in [0.1, 0.15) is 21.5 Å². The van der Waals surface area contributed by atoms with Crippen LogP contribution in [0.15, 0.2) is 84.2 Å². The SMILES string of the molecule is O=C(COc1ccc(/C=N\NC(=O)c2cccnc2)cc1)NCc1ccccc1. The first-order valence-electron chi connectivity index (χ1n) is 8.97. The molecule has 2 N–H and O–H groups in total. The van der Waals surface area contributed by atoms with E-state index in [0.29, 0.717) is 17.9 Å². The Labute approximate surface area is 168 Å². The summed E-state index contributed by atoms with van der Waals surface area (Å²) >= 11 is 0. The summed E-state index contributed by atoms with van der Waals surface area (Å²) in [5.41, 5.74) is 4.67. The van der Waals surface area contributed by atoms with Crippen LogP contribution in [0.5, 0.6) is 5.75 Å². The number of hydrogen-bond acceptors (Lipinski definition) is 5. The number of nitrogens with zero attached hydrogens (tertiary/aromatic N) is 2. The van der Waals surface area contributed by atoms with Gasteiger partial charge in [0.2, 0.25) is 0 Å². The van der Waals surface area contributed by atoms with Gasteiger partial charge in [-0.1, -0.05) is 30.3 Å². The van der Waals surface area contributed by atoms with E-state index in [9.17, 15) is 9.59 Å². The maximum absolute atomic E-state index is 11.9. The molecule has 0 aliphatic rings. The Morgan fingerprint density at radius 3 is 2.52 bits per heavy atom. The summed E-state index contributed by atoms with van der Waals surface area (Å²) in [6.45, 7) is 0.393. The number of rotatable bonds is 8. The summed E-state index contributed by atoms with van der Waals surface area (Å²) in [4.78, 5) is 27.6. The van der Waals surface area contributed by atoms with Gasteiger partial charge < -0.3 is 10.1 Å². The van der Waals surface area contributed by atoms with E-state index in [1.807, 2.05) is 30.3 Å². The highest BCUT2D eigenvalue weighted by molar-refractivity contribution is 5.94. The van der Waals surface area contributed by atoms with Gasteiger partial charge in [-0.15, -0.1) is 0 Å². The molecule has 0 saturated carbocycles. The molecule has 0 atom stereocenters. The molecule has 29 heavy (non-hydrogen) atoms. The fraction of sp³-hybridized carbons (Fsp3) is 0.0909. The van der Waals surface area contributed by atoms with Crippen molar-refractivity contribution in [3.63, 3.8) is 0 Å². The zero-order chi connectivity index (χ0) is 20.3. The zero-order valence-corrected chi connectivity index (χ0v) is 15.6. The first-order chi connectivity index (χ1) is 14.2. The van der Waals surface area contributed by atoms with Gasteiger partial charge in [0, 0.05) is 18.9 Å². The van der Waals surface area contributed by atoms with E-state index >= 15 is 0 Å². The van der Waals surface area contributed by atoms with E-state index in [1.54, 1.807) is 42.6 Å². The minimum Gasteiger partial charge on any atom is -0.484 e. The van der Waals surface area contributed by atoms with Crippen molar-refractivity contribution >= 4 is 18.0 Å². The van der Waals surface area contributed by atoms with Gasteiger partial charge in [0.1, 0.15) is 5.75 Å². The highest BCUT2D eigenvalue weighted by atomic mass is 16.5. The second-order valence-electron chi connectivity index (χ2n) is 6.06. The molecule has 7 nitrogen and oxygen atoms in total. The van der Waals surface area contributed by atoms with Crippen molar-refractivity contribution in [1.82, 2.24) is 15.7 Å². The maximum Gasteiger partial charge on any atom is 0.272 e. The van der Waals surface area contributed by atoms with Crippen LogP contribution in [0, 0.1) is 0 Å². The lowest BCUT2D eigenvalue weighted by atomic mass is 10.2. The lowest BCUT2D eigenvalue weighted by molar-refractivity contribution is -0.123. The lowest BCUT2D eigenvalue weighted by Gasteiger charge is -2.08. The summed E-state index contributed by atoms with van der Waals surface area (Å²) in [5.74, 6) is 0.0323. The Hall–Kier alpha value is -4.00. The smallest absolute Gasteiger partial charge is 0.272 e. The van der Waals surface area contributed by atoms with Crippen LogP contribution in [0.2, 0.25) is 0 Å².